The van der Waals surface area contributed by atoms with Crippen LogP contribution >= 0.6 is 23.5 Å². The SMILES string of the molecule is O=C1CS[C@H](c2ccc3ncccc3c2)c2c(n(C3CCSCC3)[nH]c2=O)N1. The standard InChI is InChI=1S/C20H20N4O2S2/c25-16-11-28-18(13-3-4-15-12(10-13)2-1-7-21-15)17-19(22-16)24(23-20(17)26)14-5-8-27-9-6-14/h1-4,7,10,14,18H,5-6,8-9,11H2,(H,22,25)(H,23,26)/t18-/m1/s1. The molecule has 1 fully saturated rings. The second kappa shape index (κ2) is 7.33. The van der Waals surface area contributed by atoms with Gasteiger partial charge in [-0.2, -0.15) is 11.8 Å². The van der Waals surface area contributed by atoms with Crippen LogP contribution in [-0.2, 0) is 4.79 Å². The number of hydrogen-bond donors (Lipinski definition) is 2. The maximum absolute atomic E-state index is 13.0. The van der Waals surface area contributed by atoms with Gasteiger partial charge in [-0.15, -0.1) is 11.8 Å². The highest BCUT2D eigenvalue weighted by Crippen LogP contribution is 2.42. The van der Waals surface area contributed by atoms with Gasteiger partial charge in [0.15, 0.2) is 0 Å². The molecule has 2 N–H and O–H groups in total. The van der Waals surface area contributed by atoms with Crippen molar-refractivity contribution in [2.75, 3.05) is 22.6 Å². The normalized spacial score (nSPS) is 20.6. The molecule has 2 aliphatic rings. The van der Waals surface area contributed by atoms with Crippen LogP contribution in [0.3, 0.4) is 0 Å². The minimum Gasteiger partial charge on any atom is -0.310 e. The fraction of sp³-hybridized carbons (Fsp3) is 0.350. The lowest BCUT2D eigenvalue weighted by molar-refractivity contribution is -0.113. The number of anilines is 1. The van der Waals surface area contributed by atoms with E-state index in [2.05, 4.69) is 21.5 Å². The van der Waals surface area contributed by atoms with E-state index < -0.39 is 0 Å². The summed E-state index contributed by atoms with van der Waals surface area (Å²) in [5.41, 5.74) is 2.48. The Labute approximate surface area is 170 Å². The molecule has 1 aromatic carbocycles. The lowest BCUT2D eigenvalue weighted by atomic mass is 10.0. The lowest BCUT2D eigenvalue weighted by Crippen LogP contribution is -2.22. The summed E-state index contributed by atoms with van der Waals surface area (Å²) in [6.07, 6.45) is 3.77. The monoisotopic (exact) mass is 412 g/mol. The maximum Gasteiger partial charge on any atom is 0.270 e. The third kappa shape index (κ3) is 3.14. The molecule has 0 radical (unpaired) electrons. The summed E-state index contributed by atoms with van der Waals surface area (Å²) >= 11 is 3.44. The molecule has 1 saturated heterocycles. The van der Waals surface area contributed by atoms with Crippen LogP contribution in [-0.4, -0.2) is 37.9 Å². The van der Waals surface area contributed by atoms with Gasteiger partial charge in [-0.3, -0.25) is 24.4 Å². The third-order valence-electron chi connectivity index (χ3n) is 5.35. The average molecular weight is 413 g/mol. The van der Waals surface area contributed by atoms with Gasteiger partial charge in [-0.05, 0) is 48.1 Å². The number of fused-ring (bicyclic) bond motifs is 2. The van der Waals surface area contributed by atoms with Gasteiger partial charge in [0.05, 0.1) is 28.1 Å². The number of nitrogens with one attached hydrogen (secondary N) is 2. The van der Waals surface area contributed by atoms with Crippen LogP contribution in [0.1, 0.15) is 35.3 Å². The van der Waals surface area contributed by atoms with E-state index in [0.717, 1.165) is 40.8 Å². The number of carbonyl (C=O) groups is 1. The fourth-order valence-corrected chi connectivity index (χ4v) is 6.18. The van der Waals surface area contributed by atoms with Crippen LogP contribution in [0.4, 0.5) is 5.82 Å². The molecule has 28 heavy (non-hydrogen) atoms. The van der Waals surface area contributed by atoms with Crippen molar-refractivity contribution < 1.29 is 4.79 Å². The van der Waals surface area contributed by atoms with Crippen molar-refractivity contribution in [1.82, 2.24) is 14.8 Å². The number of carbonyl (C=O) groups excluding carboxylic acids is 1. The first-order valence-corrected chi connectivity index (χ1v) is 11.6. The van der Waals surface area contributed by atoms with Gasteiger partial charge in [0.1, 0.15) is 5.82 Å². The summed E-state index contributed by atoms with van der Waals surface area (Å²) in [5, 5.41) is 6.86. The molecule has 5 rings (SSSR count). The van der Waals surface area contributed by atoms with Crippen LogP contribution < -0.4 is 10.9 Å². The number of rotatable bonds is 2. The molecule has 0 bridgehead atoms. The zero-order valence-corrected chi connectivity index (χ0v) is 16.8. The largest absolute Gasteiger partial charge is 0.310 e. The summed E-state index contributed by atoms with van der Waals surface area (Å²) in [4.78, 5) is 29.8. The van der Waals surface area contributed by atoms with Crippen LogP contribution in [0.25, 0.3) is 10.9 Å². The van der Waals surface area contributed by atoms with Crippen molar-refractivity contribution >= 4 is 46.2 Å². The van der Waals surface area contributed by atoms with Crippen LogP contribution in [0, 0.1) is 0 Å². The minimum atomic E-state index is -0.193. The van der Waals surface area contributed by atoms with Crippen LogP contribution in [0.5, 0.6) is 0 Å². The van der Waals surface area contributed by atoms with Gasteiger partial charge in [0, 0.05) is 11.6 Å². The molecule has 0 aliphatic carbocycles. The highest BCUT2D eigenvalue weighted by Gasteiger charge is 2.32. The molecule has 0 saturated carbocycles. The number of amides is 1. The van der Waals surface area contributed by atoms with Gasteiger partial charge in [-0.25, -0.2) is 0 Å². The molecule has 3 aromatic rings. The summed E-state index contributed by atoms with van der Waals surface area (Å²) in [6, 6.07) is 10.2. The number of hydrogen-bond acceptors (Lipinski definition) is 5. The predicted molar refractivity (Wildman–Crippen MR) is 115 cm³/mol. The van der Waals surface area contributed by atoms with Crippen molar-refractivity contribution in [3.8, 4) is 0 Å². The predicted octanol–water partition coefficient (Wildman–Crippen LogP) is 3.57. The highest BCUT2D eigenvalue weighted by molar-refractivity contribution is 8.00. The molecule has 6 nitrogen and oxygen atoms in total. The van der Waals surface area contributed by atoms with E-state index >= 15 is 0 Å². The van der Waals surface area contributed by atoms with E-state index in [0.29, 0.717) is 17.1 Å². The Balaban J connectivity index is 1.63. The molecule has 2 aromatic heterocycles. The van der Waals surface area contributed by atoms with E-state index in [9.17, 15) is 9.59 Å². The smallest absolute Gasteiger partial charge is 0.270 e. The summed E-state index contributed by atoms with van der Waals surface area (Å²) < 4.78 is 1.91. The number of nitrogens with zero attached hydrogens (tertiary/aromatic N) is 2. The third-order valence-corrected chi connectivity index (χ3v) is 7.67. The van der Waals surface area contributed by atoms with Crippen LogP contribution in [0.15, 0.2) is 41.3 Å². The zero-order chi connectivity index (χ0) is 19.1. The molecule has 1 amide bonds. The van der Waals surface area contributed by atoms with E-state index in [1.807, 2.05) is 40.7 Å². The Morgan fingerprint density at radius 2 is 2.00 bits per heavy atom. The number of aromatic nitrogens is 3. The van der Waals surface area contributed by atoms with Gasteiger partial charge < -0.3 is 5.32 Å². The number of aromatic amines is 1. The van der Waals surface area contributed by atoms with E-state index in [-0.39, 0.29) is 22.8 Å². The molecule has 2 aliphatic heterocycles. The quantitative estimate of drug-likeness (QED) is 0.673. The summed E-state index contributed by atoms with van der Waals surface area (Å²) in [5.74, 6) is 3.06. The van der Waals surface area contributed by atoms with E-state index in [1.54, 1.807) is 6.20 Å². The Morgan fingerprint density at radius 1 is 1.14 bits per heavy atom. The van der Waals surface area contributed by atoms with Gasteiger partial charge in [0.2, 0.25) is 5.91 Å². The average Bonchev–Trinajstić information content (AvgIpc) is 2.93. The highest BCUT2D eigenvalue weighted by atomic mass is 32.2. The van der Waals surface area contributed by atoms with Crippen molar-refractivity contribution in [2.45, 2.75) is 24.1 Å². The van der Waals surface area contributed by atoms with Crippen molar-refractivity contribution in [1.29, 1.82) is 0 Å². The minimum absolute atomic E-state index is 0.0610. The van der Waals surface area contributed by atoms with Gasteiger partial charge in [-0.1, -0.05) is 12.1 Å². The maximum atomic E-state index is 13.0. The molecule has 4 heterocycles. The molecule has 0 spiro atoms. The van der Waals surface area contributed by atoms with Crippen molar-refractivity contribution in [3.05, 3.63) is 58.0 Å². The number of pyridine rings is 1. The molecule has 1 atom stereocenters. The Morgan fingerprint density at radius 3 is 2.86 bits per heavy atom. The molecule has 144 valence electrons. The first-order valence-electron chi connectivity index (χ1n) is 9.39. The zero-order valence-electron chi connectivity index (χ0n) is 15.2. The number of benzene rings is 1. The topological polar surface area (TPSA) is 79.8 Å². The summed E-state index contributed by atoms with van der Waals surface area (Å²) in [7, 11) is 0. The lowest BCUT2D eigenvalue weighted by Gasteiger charge is -2.24. The van der Waals surface area contributed by atoms with Gasteiger partial charge >= 0.3 is 0 Å². The molecular weight excluding hydrogens is 392 g/mol. The number of thioether (sulfide) groups is 2. The molecule has 0 unspecified atom stereocenters. The second-order valence-electron chi connectivity index (χ2n) is 7.11. The second-order valence-corrected chi connectivity index (χ2v) is 9.43. The van der Waals surface area contributed by atoms with Crippen LogP contribution in [0.2, 0.25) is 0 Å². The number of H-pyrrole nitrogens is 1. The van der Waals surface area contributed by atoms with Crippen molar-refractivity contribution in [2.24, 2.45) is 0 Å². The van der Waals surface area contributed by atoms with Crippen molar-refractivity contribution in [3.63, 3.8) is 0 Å². The Bertz CT molecular complexity index is 1100. The molecular formula is C20H20N4O2S2. The van der Waals surface area contributed by atoms with Gasteiger partial charge in [0.25, 0.3) is 5.56 Å². The fourth-order valence-electron chi connectivity index (χ4n) is 3.98. The van der Waals surface area contributed by atoms with E-state index in [1.165, 1.54) is 11.8 Å². The first-order chi connectivity index (χ1) is 13.7. The molecule has 8 heteroatoms. The Hall–Kier alpha value is -2.19. The summed E-state index contributed by atoms with van der Waals surface area (Å²) in [6.45, 7) is 0. The first kappa shape index (κ1) is 17.9. The Kier molecular flexibility index (Phi) is 4.68. The van der Waals surface area contributed by atoms with E-state index in [4.69, 9.17) is 0 Å².